The molecule has 1 aromatic heterocycles. The highest BCUT2D eigenvalue weighted by Crippen LogP contribution is 2.27. The van der Waals surface area contributed by atoms with E-state index in [4.69, 9.17) is 17.3 Å². The third-order valence-corrected chi connectivity index (χ3v) is 4.70. The van der Waals surface area contributed by atoms with Crippen LogP contribution in [0.3, 0.4) is 0 Å². The molecule has 1 saturated heterocycles. The molecule has 0 saturated carbocycles. The van der Waals surface area contributed by atoms with Crippen molar-refractivity contribution in [2.45, 2.75) is 6.42 Å². The van der Waals surface area contributed by atoms with Crippen molar-refractivity contribution in [2.24, 2.45) is 5.92 Å². The van der Waals surface area contributed by atoms with Crippen LogP contribution in [-0.4, -0.2) is 29.6 Å². The normalized spacial score (nSPS) is 17.7. The van der Waals surface area contributed by atoms with Crippen LogP contribution in [0.2, 0.25) is 5.02 Å². The highest BCUT2D eigenvalue weighted by molar-refractivity contribution is 9.10. The number of hydrogen-bond donors (Lipinski definition) is 2. The molecule has 22 heavy (non-hydrogen) atoms. The number of benzene rings is 1. The van der Waals surface area contributed by atoms with Gasteiger partial charge < -0.3 is 16.0 Å². The number of nitrogens with one attached hydrogen (secondary N) is 1. The number of rotatable bonds is 4. The predicted octanol–water partition coefficient (Wildman–Crippen LogP) is 3.41. The molecule has 1 aliphatic heterocycles. The largest absolute Gasteiger partial charge is 0.382 e. The fourth-order valence-corrected chi connectivity index (χ4v) is 3.21. The molecule has 3 rings (SSSR count). The van der Waals surface area contributed by atoms with Crippen LogP contribution in [-0.2, 0) is 0 Å². The van der Waals surface area contributed by atoms with E-state index in [9.17, 15) is 0 Å². The standard InChI is InChI=1S/C15H17BrClN5/c16-11-2-1-3-12(6-11)22-5-4-10(8-22)7-19-15-13(17)14(18)20-9-21-15/h1-3,6,9-10H,4-5,7-8H2,(H3,18,19,20,21). The second-order valence-corrected chi connectivity index (χ2v) is 6.68. The highest BCUT2D eigenvalue weighted by Gasteiger charge is 2.23. The summed E-state index contributed by atoms with van der Waals surface area (Å²) >= 11 is 9.61. The number of nitrogens with zero attached hydrogens (tertiary/aromatic N) is 3. The molecule has 0 aliphatic carbocycles. The van der Waals surface area contributed by atoms with Gasteiger partial charge in [0.25, 0.3) is 0 Å². The Morgan fingerprint density at radius 3 is 3.09 bits per heavy atom. The fourth-order valence-electron chi connectivity index (χ4n) is 2.65. The summed E-state index contributed by atoms with van der Waals surface area (Å²) in [7, 11) is 0. The Bertz CT molecular complexity index is 666. The number of halogens is 2. The number of hydrogen-bond acceptors (Lipinski definition) is 5. The van der Waals surface area contributed by atoms with E-state index in [-0.39, 0.29) is 0 Å². The molecule has 2 aromatic rings. The molecule has 1 atom stereocenters. The molecule has 0 radical (unpaired) electrons. The third-order valence-electron chi connectivity index (χ3n) is 3.83. The number of anilines is 3. The molecule has 5 nitrogen and oxygen atoms in total. The molecule has 1 aromatic carbocycles. The van der Waals surface area contributed by atoms with E-state index in [0.717, 1.165) is 30.5 Å². The van der Waals surface area contributed by atoms with Gasteiger partial charge in [-0.25, -0.2) is 9.97 Å². The summed E-state index contributed by atoms with van der Waals surface area (Å²) in [6.07, 6.45) is 2.56. The van der Waals surface area contributed by atoms with Gasteiger partial charge in [-0.15, -0.1) is 0 Å². The van der Waals surface area contributed by atoms with E-state index < -0.39 is 0 Å². The minimum Gasteiger partial charge on any atom is -0.382 e. The second-order valence-electron chi connectivity index (χ2n) is 5.38. The van der Waals surface area contributed by atoms with E-state index >= 15 is 0 Å². The first kappa shape index (κ1) is 15.4. The Balaban J connectivity index is 1.58. The second kappa shape index (κ2) is 6.71. The maximum Gasteiger partial charge on any atom is 0.150 e. The molecule has 0 amide bonds. The van der Waals surface area contributed by atoms with Crippen LogP contribution >= 0.6 is 27.5 Å². The number of nitrogen functional groups attached to an aromatic ring is 1. The lowest BCUT2D eigenvalue weighted by molar-refractivity contribution is 0.621. The van der Waals surface area contributed by atoms with Crippen molar-refractivity contribution >= 4 is 44.9 Å². The minimum absolute atomic E-state index is 0.307. The zero-order valence-electron chi connectivity index (χ0n) is 12.0. The predicted molar refractivity (Wildman–Crippen MR) is 94.4 cm³/mol. The third kappa shape index (κ3) is 3.44. The van der Waals surface area contributed by atoms with E-state index in [1.54, 1.807) is 0 Å². The Morgan fingerprint density at radius 1 is 1.41 bits per heavy atom. The van der Waals surface area contributed by atoms with E-state index in [1.807, 2.05) is 6.07 Å². The minimum atomic E-state index is 0.307. The van der Waals surface area contributed by atoms with Gasteiger partial charge >= 0.3 is 0 Å². The van der Waals surface area contributed by atoms with Gasteiger partial charge in [-0.1, -0.05) is 33.6 Å². The first-order valence-corrected chi connectivity index (χ1v) is 8.31. The van der Waals surface area contributed by atoms with Crippen LogP contribution < -0.4 is 16.0 Å². The Labute approximate surface area is 143 Å². The van der Waals surface area contributed by atoms with Crippen molar-refractivity contribution in [1.29, 1.82) is 0 Å². The zero-order chi connectivity index (χ0) is 15.5. The summed E-state index contributed by atoms with van der Waals surface area (Å²) in [5.74, 6) is 1.46. The monoisotopic (exact) mass is 381 g/mol. The molecule has 0 bridgehead atoms. The molecule has 2 heterocycles. The van der Waals surface area contributed by atoms with Gasteiger partial charge in [0.15, 0.2) is 0 Å². The Hall–Kier alpha value is -1.53. The quantitative estimate of drug-likeness (QED) is 0.848. The Kier molecular flexibility index (Phi) is 4.69. The average molecular weight is 383 g/mol. The van der Waals surface area contributed by atoms with E-state index in [2.05, 4.69) is 54.3 Å². The van der Waals surface area contributed by atoms with Crippen molar-refractivity contribution in [3.8, 4) is 0 Å². The van der Waals surface area contributed by atoms with Crippen molar-refractivity contribution < 1.29 is 0 Å². The molecule has 116 valence electrons. The molecule has 7 heteroatoms. The van der Waals surface area contributed by atoms with Crippen molar-refractivity contribution in [3.05, 3.63) is 40.1 Å². The summed E-state index contributed by atoms with van der Waals surface area (Å²) in [6.45, 7) is 2.89. The fraction of sp³-hybridized carbons (Fsp3) is 0.333. The first-order chi connectivity index (χ1) is 10.6. The number of aromatic nitrogens is 2. The zero-order valence-corrected chi connectivity index (χ0v) is 14.3. The van der Waals surface area contributed by atoms with Crippen molar-refractivity contribution in [3.63, 3.8) is 0 Å². The molecule has 0 spiro atoms. The smallest absolute Gasteiger partial charge is 0.150 e. The van der Waals surface area contributed by atoms with Gasteiger partial charge in [-0.2, -0.15) is 0 Å². The van der Waals surface area contributed by atoms with Crippen molar-refractivity contribution in [2.75, 3.05) is 35.6 Å². The van der Waals surface area contributed by atoms with Gasteiger partial charge in [0.2, 0.25) is 0 Å². The summed E-state index contributed by atoms with van der Waals surface area (Å²) < 4.78 is 1.11. The summed E-state index contributed by atoms with van der Waals surface area (Å²) in [5, 5.41) is 3.67. The first-order valence-electron chi connectivity index (χ1n) is 7.14. The SMILES string of the molecule is Nc1ncnc(NCC2CCN(c3cccc(Br)c3)C2)c1Cl. The van der Waals surface area contributed by atoms with Gasteiger partial charge in [0.05, 0.1) is 0 Å². The highest BCUT2D eigenvalue weighted by atomic mass is 79.9. The maximum atomic E-state index is 6.09. The molecule has 1 fully saturated rings. The van der Waals surface area contributed by atoms with Crippen LogP contribution in [0.4, 0.5) is 17.3 Å². The summed E-state index contributed by atoms with van der Waals surface area (Å²) in [6, 6.07) is 8.40. The van der Waals surface area contributed by atoms with Crippen LogP contribution in [0.1, 0.15) is 6.42 Å². The lowest BCUT2D eigenvalue weighted by atomic mass is 10.1. The van der Waals surface area contributed by atoms with E-state index in [0.29, 0.717) is 22.6 Å². The van der Waals surface area contributed by atoms with Crippen LogP contribution in [0.25, 0.3) is 0 Å². The molecule has 3 N–H and O–H groups in total. The molecule has 1 aliphatic rings. The summed E-state index contributed by atoms with van der Waals surface area (Å²) in [5.41, 5.74) is 6.93. The van der Waals surface area contributed by atoms with Crippen LogP contribution in [0, 0.1) is 5.92 Å². The molecular weight excluding hydrogens is 366 g/mol. The van der Waals surface area contributed by atoms with E-state index in [1.165, 1.54) is 12.0 Å². The summed E-state index contributed by atoms with van der Waals surface area (Å²) in [4.78, 5) is 10.4. The Morgan fingerprint density at radius 2 is 2.27 bits per heavy atom. The maximum absolute atomic E-state index is 6.09. The lowest BCUT2D eigenvalue weighted by Gasteiger charge is -2.19. The number of nitrogens with two attached hydrogens (primary N) is 1. The van der Waals surface area contributed by atoms with Crippen molar-refractivity contribution in [1.82, 2.24) is 9.97 Å². The van der Waals surface area contributed by atoms with Gasteiger partial charge in [-0.05, 0) is 30.5 Å². The van der Waals surface area contributed by atoms with Gasteiger partial charge in [-0.3, -0.25) is 0 Å². The van der Waals surface area contributed by atoms with Gasteiger partial charge in [0.1, 0.15) is 23.0 Å². The van der Waals surface area contributed by atoms with Gasteiger partial charge in [0, 0.05) is 29.8 Å². The van der Waals surface area contributed by atoms with Crippen LogP contribution in [0.5, 0.6) is 0 Å². The molecular formula is C15H17BrClN5. The molecule has 1 unspecified atom stereocenters. The lowest BCUT2D eigenvalue weighted by Crippen LogP contribution is -2.22. The topological polar surface area (TPSA) is 67.1 Å². The van der Waals surface area contributed by atoms with Crippen LogP contribution in [0.15, 0.2) is 35.1 Å². The average Bonchev–Trinajstić information content (AvgIpc) is 2.98.